The number of rotatable bonds is 4. The van der Waals surface area contributed by atoms with Crippen LogP contribution in [0.15, 0.2) is 46.9 Å². The third-order valence-electron chi connectivity index (χ3n) is 3.59. The second kappa shape index (κ2) is 5.74. The lowest BCUT2D eigenvalue weighted by Crippen LogP contribution is -2.13. The van der Waals surface area contributed by atoms with Crippen molar-refractivity contribution >= 4 is 33.2 Å². The average Bonchev–Trinajstić information content (AvgIpc) is 3.26. The van der Waals surface area contributed by atoms with Gasteiger partial charge in [0.1, 0.15) is 5.82 Å². The summed E-state index contributed by atoms with van der Waals surface area (Å²) in [5.74, 6) is 0.401. The van der Waals surface area contributed by atoms with Gasteiger partial charge in [-0.3, -0.25) is 0 Å². The first kappa shape index (κ1) is 13.9. The fraction of sp³-hybridized carbons (Fsp3) is 0.250. The second-order valence-electron chi connectivity index (χ2n) is 5.11. The number of hydrogen-bond donors (Lipinski definition) is 1. The van der Waals surface area contributed by atoms with Crippen molar-refractivity contribution in [3.63, 3.8) is 0 Å². The maximum Gasteiger partial charge on any atom is 0.123 e. The molecule has 2 aromatic rings. The summed E-state index contributed by atoms with van der Waals surface area (Å²) in [6.07, 6.45) is 2.40. The highest BCUT2D eigenvalue weighted by Crippen LogP contribution is 2.44. The maximum absolute atomic E-state index is 13.1. The van der Waals surface area contributed by atoms with Crippen LogP contribution in [0.2, 0.25) is 5.02 Å². The van der Waals surface area contributed by atoms with Crippen LogP contribution in [-0.4, -0.2) is 0 Å². The molecule has 0 heterocycles. The minimum absolute atomic E-state index is 0.199. The predicted molar refractivity (Wildman–Crippen MR) is 84.6 cm³/mol. The zero-order valence-corrected chi connectivity index (χ0v) is 13.1. The van der Waals surface area contributed by atoms with E-state index in [-0.39, 0.29) is 11.9 Å². The fourth-order valence-corrected chi connectivity index (χ4v) is 2.91. The van der Waals surface area contributed by atoms with Crippen LogP contribution in [0.5, 0.6) is 0 Å². The number of anilines is 1. The van der Waals surface area contributed by atoms with Gasteiger partial charge in [0.25, 0.3) is 0 Å². The Bertz CT molecular complexity index is 610. The molecule has 1 saturated carbocycles. The summed E-state index contributed by atoms with van der Waals surface area (Å²) in [5.41, 5.74) is 2.08. The fourth-order valence-electron chi connectivity index (χ4n) is 2.36. The number of halogens is 3. The molecule has 0 amide bonds. The highest BCUT2D eigenvalue weighted by Gasteiger charge is 2.32. The zero-order valence-electron chi connectivity index (χ0n) is 10.7. The maximum atomic E-state index is 13.1. The number of nitrogens with one attached hydrogen (secondary N) is 1. The van der Waals surface area contributed by atoms with Crippen molar-refractivity contribution in [3.05, 3.63) is 63.3 Å². The monoisotopic (exact) mass is 353 g/mol. The van der Waals surface area contributed by atoms with Crippen LogP contribution >= 0.6 is 27.5 Å². The zero-order chi connectivity index (χ0) is 14.1. The Labute approximate surface area is 131 Å². The third kappa shape index (κ3) is 2.99. The van der Waals surface area contributed by atoms with Crippen molar-refractivity contribution in [2.45, 2.75) is 18.9 Å². The molecule has 1 unspecified atom stereocenters. The summed E-state index contributed by atoms with van der Waals surface area (Å²) in [7, 11) is 0. The Morgan fingerprint density at radius 2 is 1.85 bits per heavy atom. The summed E-state index contributed by atoms with van der Waals surface area (Å²) in [4.78, 5) is 0. The summed E-state index contributed by atoms with van der Waals surface area (Å²) < 4.78 is 13.9. The minimum Gasteiger partial charge on any atom is -0.377 e. The van der Waals surface area contributed by atoms with Crippen LogP contribution in [0, 0.1) is 11.7 Å². The van der Waals surface area contributed by atoms with E-state index in [2.05, 4.69) is 21.2 Å². The molecule has 1 N–H and O–H groups in total. The molecule has 0 bridgehead atoms. The van der Waals surface area contributed by atoms with E-state index >= 15 is 0 Å². The van der Waals surface area contributed by atoms with Gasteiger partial charge in [-0.05, 0) is 64.5 Å². The van der Waals surface area contributed by atoms with Crippen molar-refractivity contribution in [1.82, 2.24) is 0 Å². The molecule has 0 aliphatic heterocycles. The molecule has 1 aliphatic rings. The molecule has 1 atom stereocenters. The Morgan fingerprint density at radius 1 is 1.15 bits per heavy atom. The molecule has 4 heteroatoms. The average molecular weight is 355 g/mol. The van der Waals surface area contributed by atoms with Crippen LogP contribution in [-0.2, 0) is 0 Å². The molecule has 0 aromatic heterocycles. The summed E-state index contributed by atoms with van der Waals surface area (Å²) in [6, 6.07) is 12.7. The van der Waals surface area contributed by atoms with Gasteiger partial charge in [0.05, 0.1) is 21.2 Å². The lowest BCUT2D eigenvalue weighted by atomic mass is 10.0. The first-order valence-corrected chi connectivity index (χ1v) is 7.78. The highest BCUT2D eigenvalue weighted by molar-refractivity contribution is 9.10. The molecule has 0 saturated heterocycles. The van der Waals surface area contributed by atoms with Gasteiger partial charge in [-0.25, -0.2) is 4.39 Å². The second-order valence-corrected chi connectivity index (χ2v) is 6.31. The molecule has 20 heavy (non-hydrogen) atoms. The van der Waals surface area contributed by atoms with E-state index in [9.17, 15) is 4.39 Å². The largest absolute Gasteiger partial charge is 0.377 e. The Balaban J connectivity index is 1.88. The molecule has 1 nitrogen and oxygen atoms in total. The van der Waals surface area contributed by atoms with Crippen LogP contribution in [0.4, 0.5) is 10.1 Å². The van der Waals surface area contributed by atoms with Gasteiger partial charge in [0.2, 0.25) is 0 Å². The van der Waals surface area contributed by atoms with Gasteiger partial charge >= 0.3 is 0 Å². The van der Waals surface area contributed by atoms with Crippen LogP contribution in [0.25, 0.3) is 0 Å². The van der Waals surface area contributed by atoms with Gasteiger partial charge in [-0.2, -0.15) is 0 Å². The SMILES string of the molecule is Fc1ccc(C(Nc2cccc(Cl)c2Br)C2CC2)cc1. The predicted octanol–water partition coefficient (Wildman–Crippen LogP) is 5.80. The highest BCUT2D eigenvalue weighted by atomic mass is 79.9. The molecule has 0 spiro atoms. The molecule has 0 radical (unpaired) electrons. The minimum atomic E-state index is -0.202. The molecule has 1 fully saturated rings. The topological polar surface area (TPSA) is 12.0 Å². The Hall–Kier alpha value is -1.06. The van der Waals surface area contributed by atoms with Crippen molar-refractivity contribution in [3.8, 4) is 0 Å². The van der Waals surface area contributed by atoms with E-state index in [1.807, 2.05) is 30.3 Å². The molecule has 104 valence electrons. The summed E-state index contributed by atoms with van der Waals surface area (Å²) in [6.45, 7) is 0. The van der Waals surface area contributed by atoms with Crippen LogP contribution in [0.1, 0.15) is 24.4 Å². The van der Waals surface area contributed by atoms with E-state index in [0.29, 0.717) is 10.9 Å². The molecular formula is C16H14BrClFN. The van der Waals surface area contributed by atoms with E-state index in [4.69, 9.17) is 11.6 Å². The van der Waals surface area contributed by atoms with Crippen LogP contribution in [0.3, 0.4) is 0 Å². The smallest absolute Gasteiger partial charge is 0.123 e. The van der Waals surface area contributed by atoms with Crippen LogP contribution < -0.4 is 5.32 Å². The van der Waals surface area contributed by atoms with E-state index in [1.165, 1.54) is 25.0 Å². The van der Waals surface area contributed by atoms with Gasteiger partial charge in [-0.1, -0.05) is 29.8 Å². The standard InChI is InChI=1S/C16H14BrClFN/c17-15-13(18)2-1-3-14(15)20-16(10-4-5-10)11-6-8-12(19)9-7-11/h1-3,6-10,16,20H,4-5H2. The molecule has 3 rings (SSSR count). The normalized spacial score (nSPS) is 15.9. The van der Waals surface area contributed by atoms with Crippen molar-refractivity contribution in [2.24, 2.45) is 5.92 Å². The van der Waals surface area contributed by atoms with Crippen molar-refractivity contribution in [2.75, 3.05) is 5.32 Å². The lowest BCUT2D eigenvalue weighted by molar-refractivity contribution is 0.622. The Kier molecular flexibility index (Phi) is 3.99. The van der Waals surface area contributed by atoms with E-state index < -0.39 is 0 Å². The summed E-state index contributed by atoms with van der Waals surface area (Å²) >= 11 is 9.63. The van der Waals surface area contributed by atoms with Crippen molar-refractivity contribution in [1.29, 1.82) is 0 Å². The lowest BCUT2D eigenvalue weighted by Gasteiger charge is -2.21. The number of benzene rings is 2. The Morgan fingerprint density at radius 3 is 2.50 bits per heavy atom. The third-order valence-corrected chi connectivity index (χ3v) is 4.98. The molecule has 1 aliphatic carbocycles. The number of hydrogen-bond acceptors (Lipinski definition) is 1. The summed E-state index contributed by atoms with van der Waals surface area (Å²) in [5, 5.41) is 4.22. The van der Waals surface area contributed by atoms with E-state index in [0.717, 1.165) is 15.7 Å². The molecular weight excluding hydrogens is 341 g/mol. The van der Waals surface area contributed by atoms with Gasteiger partial charge in [0, 0.05) is 0 Å². The molecule has 2 aromatic carbocycles. The first-order valence-electron chi connectivity index (χ1n) is 6.61. The van der Waals surface area contributed by atoms with Gasteiger partial charge in [-0.15, -0.1) is 0 Å². The quantitative estimate of drug-likeness (QED) is 0.731. The van der Waals surface area contributed by atoms with E-state index in [1.54, 1.807) is 0 Å². The van der Waals surface area contributed by atoms with Crippen molar-refractivity contribution < 1.29 is 4.39 Å². The van der Waals surface area contributed by atoms with Gasteiger partial charge in [0.15, 0.2) is 0 Å². The first-order chi connectivity index (χ1) is 9.65. The van der Waals surface area contributed by atoms with Gasteiger partial charge < -0.3 is 5.32 Å².